The lowest BCUT2D eigenvalue weighted by molar-refractivity contribution is 0.323. The number of hydrogen-bond donors (Lipinski definition) is 0. The van der Waals surface area contributed by atoms with E-state index in [-0.39, 0.29) is 22.5 Å². The van der Waals surface area contributed by atoms with Crippen LogP contribution in [0.5, 0.6) is 0 Å². The van der Waals surface area contributed by atoms with E-state index < -0.39 is 0 Å². The molecule has 1 saturated heterocycles. The largest absolute Gasteiger partial charge is 0.341 e. The Morgan fingerprint density at radius 1 is 1.14 bits per heavy atom. The van der Waals surface area contributed by atoms with Gasteiger partial charge in [0.1, 0.15) is 0 Å². The number of fused-ring (bicyclic) bond motifs is 1. The van der Waals surface area contributed by atoms with Gasteiger partial charge in [-0.2, -0.15) is 10.1 Å². The molecule has 1 aliphatic heterocycles. The summed E-state index contributed by atoms with van der Waals surface area (Å²) in [5.74, 6) is 0.882. The number of pyridine rings is 1. The molecule has 3 aromatic heterocycles. The van der Waals surface area contributed by atoms with Crippen molar-refractivity contribution in [1.29, 1.82) is 0 Å². The molecule has 28 heavy (non-hydrogen) atoms. The Balaban J connectivity index is 1.53. The predicted octanol–water partition coefficient (Wildman–Crippen LogP) is 1.32. The van der Waals surface area contributed by atoms with Crippen molar-refractivity contribution >= 4 is 17.0 Å². The first-order chi connectivity index (χ1) is 13.2. The maximum atomic E-state index is 12.5. The van der Waals surface area contributed by atoms with Crippen molar-refractivity contribution in [1.82, 2.24) is 24.3 Å². The van der Waals surface area contributed by atoms with Crippen molar-refractivity contribution < 1.29 is 0 Å². The molecule has 3 aromatic rings. The molecule has 0 aromatic carbocycles. The fourth-order valence-electron chi connectivity index (χ4n) is 3.45. The summed E-state index contributed by atoms with van der Waals surface area (Å²) in [5.41, 5.74) is 1.05. The van der Waals surface area contributed by atoms with Crippen molar-refractivity contribution in [2.45, 2.75) is 32.7 Å². The minimum absolute atomic E-state index is 0.0909. The standard InChI is InChI=1S/C20H24N6O2/c1-20(2,3)15-7-8-16(27)26(23-15)12-13-10-25(11-13)19-22-17-14(6-5-9-21-17)18(28)24(19)4/h5-9,13H,10-12H2,1-4H3. The Hall–Kier alpha value is -3.03. The molecule has 4 rings (SSSR count). The van der Waals surface area contributed by atoms with Crippen LogP contribution >= 0.6 is 0 Å². The monoisotopic (exact) mass is 380 g/mol. The van der Waals surface area contributed by atoms with Gasteiger partial charge in [0.25, 0.3) is 11.1 Å². The zero-order chi connectivity index (χ0) is 20.1. The van der Waals surface area contributed by atoms with Gasteiger partial charge >= 0.3 is 0 Å². The smallest absolute Gasteiger partial charge is 0.266 e. The second-order valence-corrected chi connectivity index (χ2v) is 8.41. The average Bonchev–Trinajstić information content (AvgIpc) is 2.61. The van der Waals surface area contributed by atoms with Crippen molar-refractivity contribution in [3.8, 4) is 0 Å². The molecule has 0 aliphatic carbocycles. The quantitative estimate of drug-likeness (QED) is 0.681. The van der Waals surface area contributed by atoms with Gasteiger partial charge in [-0.05, 0) is 18.2 Å². The van der Waals surface area contributed by atoms with Crippen LogP contribution in [0, 0.1) is 5.92 Å². The topological polar surface area (TPSA) is 85.9 Å². The molecule has 1 aliphatic rings. The van der Waals surface area contributed by atoms with E-state index in [4.69, 9.17) is 0 Å². The van der Waals surface area contributed by atoms with Crippen LogP contribution in [0.15, 0.2) is 40.1 Å². The molecule has 0 atom stereocenters. The fourth-order valence-corrected chi connectivity index (χ4v) is 3.45. The number of aromatic nitrogens is 5. The highest BCUT2D eigenvalue weighted by molar-refractivity contribution is 5.74. The average molecular weight is 380 g/mol. The fraction of sp³-hybridized carbons (Fsp3) is 0.450. The van der Waals surface area contributed by atoms with E-state index in [0.717, 1.165) is 5.69 Å². The summed E-state index contributed by atoms with van der Waals surface area (Å²) in [7, 11) is 1.73. The van der Waals surface area contributed by atoms with Crippen LogP contribution in [0.25, 0.3) is 11.0 Å². The Labute approximate surface area is 162 Å². The molecule has 4 heterocycles. The molecule has 0 spiro atoms. The predicted molar refractivity (Wildman–Crippen MR) is 108 cm³/mol. The van der Waals surface area contributed by atoms with Crippen molar-refractivity contribution in [3.05, 3.63) is 56.9 Å². The van der Waals surface area contributed by atoms with Crippen LogP contribution in [0.1, 0.15) is 26.5 Å². The number of nitrogens with zero attached hydrogens (tertiary/aromatic N) is 6. The summed E-state index contributed by atoms with van der Waals surface area (Å²) in [5, 5.41) is 5.05. The zero-order valence-corrected chi connectivity index (χ0v) is 16.6. The third-order valence-corrected chi connectivity index (χ3v) is 5.13. The van der Waals surface area contributed by atoms with Gasteiger partial charge in [-0.15, -0.1) is 0 Å². The lowest BCUT2D eigenvalue weighted by Crippen LogP contribution is -2.51. The molecular weight excluding hydrogens is 356 g/mol. The summed E-state index contributed by atoms with van der Waals surface area (Å²) in [4.78, 5) is 35.5. The van der Waals surface area contributed by atoms with Crippen LogP contribution in [-0.2, 0) is 19.0 Å². The van der Waals surface area contributed by atoms with E-state index in [0.29, 0.717) is 36.6 Å². The van der Waals surface area contributed by atoms with Crippen molar-refractivity contribution in [3.63, 3.8) is 0 Å². The van der Waals surface area contributed by atoms with Crippen LogP contribution in [-0.4, -0.2) is 37.4 Å². The lowest BCUT2D eigenvalue weighted by atomic mass is 9.92. The first kappa shape index (κ1) is 18.3. The van der Waals surface area contributed by atoms with Crippen LogP contribution in [0.4, 0.5) is 5.95 Å². The molecule has 8 heteroatoms. The van der Waals surface area contributed by atoms with Gasteiger partial charge in [-0.1, -0.05) is 20.8 Å². The van der Waals surface area contributed by atoms with Gasteiger partial charge < -0.3 is 4.90 Å². The highest BCUT2D eigenvalue weighted by Gasteiger charge is 2.31. The molecule has 8 nitrogen and oxygen atoms in total. The Bertz CT molecular complexity index is 1150. The van der Waals surface area contributed by atoms with E-state index in [1.54, 1.807) is 46.8 Å². The normalized spacial score (nSPS) is 15.1. The van der Waals surface area contributed by atoms with Crippen LogP contribution in [0.3, 0.4) is 0 Å². The molecule has 0 saturated carbocycles. The second kappa shape index (κ2) is 6.54. The van der Waals surface area contributed by atoms with E-state index in [1.165, 1.54) is 0 Å². The van der Waals surface area contributed by atoms with Gasteiger partial charge in [-0.3, -0.25) is 14.2 Å². The summed E-state index contributed by atoms with van der Waals surface area (Å²) in [6, 6.07) is 6.86. The maximum absolute atomic E-state index is 12.5. The summed E-state index contributed by atoms with van der Waals surface area (Å²) >= 11 is 0. The minimum atomic E-state index is -0.110. The Morgan fingerprint density at radius 2 is 1.89 bits per heavy atom. The van der Waals surface area contributed by atoms with Crippen molar-refractivity contribution in [2.24, 2.45) is 13.0 Å². The molecule has 146 valence electrons. The van der Waals surface area contributed by atoms with E-state index in [1.807, 2.05) is 4.90 Å². The van der Waals surface area contributed by atoms with Gasteiger partial charge in [0.15, 0.2) is 5.65 Å². The maximum Gasteiger partial charge on any atom is 0.266 e. The van der Waals surface area contributed by atoms with E-state index in [2.05, 4.69) is 35.8 Å². The summed E-state index contributed by atoms with van der Waals surface area (Å²) < 4.78 is 3.11. The van der Waals surface area contributed by atoms with Crippen LogP contribution in [0.2, 0.25) is 0 Å². The molecule has 0 amide bonds. The Kier molecular flexibility index (Phi) is 4.28. The van der Waals surface area contributed by atoms with Gasteiger partial charge in [0.2, 0.25) is 5.95 Å². The highest BCUT2D eigenvalue weighted by Crippen LogP contribution is 2.24. The third kappa shape index (κ3) is 3.19. The van der Waals surface area contributed by atoms with Crippen molar-refractivity contribution in [2.75, 3.05) is 18.0 Å². The summed E-state index contributed by atoms with van der Waals surface area (Å²) in [6.45, 7) is 8.22. The Morgan fingerprint density at radius 3 is 2.61 bits per heavy atom. The molecule has 0 bridgehead atoms. The number of anilines is 1. The second-order valence-electron chi connectivity index (χ2n) is 8.41. The van der Waals surface area contributed by atoms with Crippen LogP contribution < -0.4 is 16.0 Å². The van der Waals surface area contributed by atoms with Gasteiger partial charge in [-0.25, -0.2) is 9.67 Å². The molecular formula is C20H24N6O2. The minimum Gasteiger partial charge on any atom is -0.341 e. The first-order valence-corrected chi connectivity index (χ1v) is 9.39. The van der Waals surface area contributed by atoms with E-state index >= 15 is 0 Å². The molecule has 0 N–H and O–H groups in total. The first-order valence-electron chi connectivity index (χ1n) is 9.39. The number of rotatable bonds is 3. The zero-order valence-electron chi connectivity index (χ0n) is 16.6. The molecule has 0 unspecified atom stereocenters. The summed E-state index contributed by atoms with van der Waals surface area (Å²) in [6.07, 6.45) is 1.64. The third-order valence-electron chi connectivity index (χ3n) is 5.13. The SMILES string of the molecule is Cn1c(N2CC(Cn3nc(C(C)(C)C)ccc3=O)C2)nc2ncccc2c1=O. The van der Waals surface area contributed by atoms with E-state index in [9.17, 15) is 9.59 Å². The highest BCUT2D eigenvalue weighted by atomic mass is 16.1. The molecule has 0 radical (unpaired) electrons. The molecule has 1 fully saturated rings. The number of hydrogen-bond acceptors (Lipinski definition) is 6. The van der Waals surface area contributed by atoms with Gasteiger partial charge in [0, 0.05) is 43.7 Å². The van der Waals surface area contributed by atoms with Gasteiger partial charge in [0.05, 0.1) is 17.6 Å². The lowest BCUT2D eigenvalue weighted by Gasteiger charge is -2.40.